The molecule has 0 bridgehead atoms. The van der Waals surface area contributed by atoms with Gasteiger partial charge in [-0.05, 0) is 24.1 Å². The summed E-state index contributed by atoms with van der Waals surface area (Å²) >= 11 is 0. The van der Waals surface area contributed by atoms with Crippen molar-refractivity contribution in [2.75, 3.05) is 5.32 Å². The number of rotatable bonds is 2. The van der Waals surface area contributed by atoms with E-state index in [9.17, 15) is 4.79 Å². The normalized spacial score (nSPS) is 18.4. The maximum atomic E-state index is 10.9. The molecule has 16 heavy (non-hydrogen) atoms. The Bertz CT molecular complexity index is 429. The van der Waals surface area contributed by atoms with Crippen LogP contribution in [0.25, 0.3) is 0 Å². The van der Waals surface area contributed by atoms with Gasteiger partial charge in [0.1, 0.15) is 0 Å². The van der Waals surface area contributed by atoms with E-state index in [1.54, 1.807) is 0 Å². The van der Waals surface area contributed by atoms with Gasteiger partial charge in [-0.1, -0.05) is 36.4 Å². The van der Waals surface area contributed by atoms with Crippen LogP contribution in [0, 0.1) is 0 Å². The minimum atomic E-state index is -0.0340. The van der Waals surface area contributed by atoms with Gasteiger partial charge in [0.2, 0.25) is 5.91 Å². The molecule has 0 aliphatic heterocycles. The van der Waals surface area contributed by atoms with Crippen molar-refractivity contribution in [3.05, 3.63) is 54.1 Å². The molecule has 82 valence electrons. The monoisotopic (exact) mass is 213 g/mol. The first-order valence-electron chi connectivity index (χ1n) is 5.46. The SMILES string of the molecule is CC(=O)Nc1ccc(C2C=CC=CC2)cc1. The molecular formula is C14H15NO. The molecule has 1 aliphatic rings. The van der Waals surface area contributed by atoms with Crippen LogP contribution in [0.2, 0.25) is 0 Å². The molecule has 1 aliphatic carbocycles. The highest BCUT2D eigenvalue weighted by Crippen LogP contribution is 2.25. The highest BCUT2D eigenvalue weighted by molar-refractivity contribution is 5.88. The van der Waals surface area contributed by atoms with Crippen LogP contribution in [0.3, 0.4) is 0 Å². The van der Waals surface area contributed by atoms with E-state index in [-0.39, 0.29) is 5.91 Å². The van der Waals surface area contributed by atoms with Crippen molar-refractivity contribution in [1.82, 2.24) is 0 Å². The molecule has 1 aromatic carbocycles. The van der Waals surface area contributed by atoms with Gasteiger partial charge in [0.15, 0.2) is 0 Å². The average Bonchev–Trinajstić information content (AvgIpc) is 2.30. The fourth-order valence-electron chi connectivity index (χ4n) is 1.84. The maximum absolute atomic E-state index is 10.9. The second-order valence-corrected chi connectivity index (χ2v) is 3.96. The molecule has 0 saturated heterocycles. The Morgan fingerprint density at radius 1 is 1.25 bits per heavy atom. The number of allylic oxidation sites excluding steroid dienone is 4. The van der Waals surface area contributed by atoms with E-state index in [0.717, 1.165) is 12.1 Å². The Balaban J connectivity index is 2.10. The van der Waals surface area contributed by atoms with Crippen molar-refractivity contribution in [3.63, 3.8) is 0 Å². The van der Waals surface area contributed by atoms with Crippen molar-refractivity contribution in [1.29, 1.82) is 0 Å². The number of carbonyl (C=O) groups excluding carboxylic acids is 1. The van der Waals surface area contributed by atoms with Crippen LogP contribution < -0.4 is 5.32 Å². The van der Waals surface area contributed by atoms with Gasteiger partial charge in [-0.25, -0.2) is 0 Å². The molecule has 2 rings (SSSR count). The topological polar surface area (TPSA) is 29.1 Å². The third-order valence-corrected chi connectivity index (χ3v) is 2.64. The summed E-state index contributed by atoms with van der Waals surface area (Å²) in [5.74, 6) is 0.435. The first kappa shape index (κ1) is 10.7. The summed E-state index contributed by atoms with van der Waals surface area (Å²) in [6.07, 6.45) is 9.58. The van der Waals surface area contributed by atoms with Gasteiger partial charge in [0, 0.05) is 18.5 Å². The number of benzene rings is 1. The van der Waals surface area contributed by atoms with Crippen LogP contribution in [0.4, 0.5) is 5.69 Å². The van der Waals surface area contributed by atoms with E-state index in [1.807, 2.05) is 12.1 Å². The Hall–Kier alpha value is -1.83. The summed E-state index contributed by atoms with van der Waals surface area (Å²) in [6.45, 7) is 1.52. The van der Waals surface area contributed by atoms with Crippen molar-refractivity contribution in [2.45, 2.75) is 19.3 Å². The van der Waals surface area contributed by atoms with E-state index in [2.05, 4.69) is 41.8 Å². The molecule has 0 radical (unpaired) electrons. The number of hydrogen-bond acceptors (Lipinski definition) is 1. The zero-order valence-electron chi connectivity index (χ0n) is 9.31. The lowest BCUT2D eigenvalue weighted by molar-refractivity contribution is -0.114. The molecule has 1 N–H and O–H groups in total. The van der Waals surface area contributed by atoms with Gasteiger partial charge in [0.25, 0.3) is 0 Å². The lowest BCUT2D eigenvalue weighted by Crippen LogP contribution is -2.05. The summed E-state index contributed by atoms with van der Waals surface area (Å²) in [5, 5.41) is 2.76. The van der Waals surface area contributed by atoms with Crippen LogP contribution in [0.5, 0.6) is 0 Å². The van der Waals surface area contributed by atoms with Crippen molar-refractivity contribution < 1.29 is 4.79 Å². The average molecular weight is 213 g/mol. The fraction of sp³-hybridized carbons (Fsp3) is 0.214. The predicted molar refractivity (Wildman–Crippen MR) is 66.4 cm³/mol. The Morgan fingerprint density at radius 2 is 2.00 bits per heavy atom. The molecular weight excluding hydrogens is 198 g/mol. The van der Waals surface area contributed by atoms with Gasteiger partial charge in [-0.2, -0.15) is 0 Å². The van der Waals surface area contributed by atoms with Crippen LogP contribution >= 0.6 is 0 Å². The molecule has 0 spiro atoms. The third-order valence-electron chi connectivity index (χ3n) is 2.64. The summed E-state index contributed by atoms with van der Waals surface area (Å²) in [5.41, 5.74) is 2.14. The standard InChI is InChI=1S/C14H15NO/c1-11(16)15-14-9-7-13(8-10-14)12-5-3-2-4-6-12/h2-5,7-10,12H,6H2,1H3,(H,15,16). The van der Waals surface area contributed by atoms with Gasteiger partial charge in [0.05, 0.1) is 0 Å². The summed E-state index contributed by atoms with van der Waals surface area (Å²) in [6, 6.07) is 8.03. The second kappa shape index (κ2) is 4.79. The molecule has 0 fully saturated rings. The van der Waals surface area contributed by atoms with Crippen molar-refractivity contribution >= 4 is 11.6 Å². The molecule has 1 aromatic rings. The Morgan fingerprint density at radius 3 is 2.56 bits per heavy atom. The van der Waals surface area contributed by atoms with E-state index in [0.29, 0.717) is 5.92 Å². The highest BCUT2D eigenvalue weighted by Gasteiger charge is 2.07. The molecule has 1 amide bonds. The van der Waals surface area contributed by atoms with Crippen LogP contribution in [0.1, 0.15) is 24.8 Å². The van der Waals surface area contributed by atoms with Crippen molar-refractivity contribution in [2.24, 2.45) is 0 Å². The lowest BCUT2D eigenvalue weighted by atomic mass is 9.92. The zero-order valence-corrected chi connectivity index (χ0v) is 9.31. The second-order valence-electron chi connectivity index (χ2n) is 3.96. The minimum Gasteiger partial charge on any atom is -0.326 e. The summed E-state index contributed by atoms with van der Waals surface area (Å²) < 4.78 is 0. The van der Waals surface area contributed by atoms with Gasteiger partial charge < -0.3 is 5.32 Å². The molecule has 1 unspecified atom stereocenters. The Labute approximate surface area is 95.7 Å². The zero-order chi connectivity index (χ0) is 11.4. The van der Waals surface area contributed by atoms with Crippen LogP contribution in [-0.2, 0) is 4.79 Å². The number of nitrogens with one attached hydrogen (secondary N) is 1. The van der Waals surface area contributed by atoms with Crippen molar-refractivity contribution in [3.8, 4) is 0 Å². The number of amides is 1. The molecule has 0 aromatic heterocycles. The highest BCUT2D eigenvalue weighted by atomic mass is 16.1. The third kappa shape index (κ3) is 2.60. The smallest absolute Gasteiger partial charge is 0.221 e. The van der Waals surface area contributed by atoms with Gasteiger partial charge in [-0.3, -0.25) is 4.79 Å². The molecule has 1 atom stereocenters. The quantitative estimate of drug-likeness (QED) is 0.802. The first-order chi connectivity index (χ1) is 7.75. The van der Waals surface area contributed by atoms with E-state index >= 15 is 0 Å². The number of anilines is 1. The van der Waals surface area contributed by atoms with E-state index < -0.39 is 0 Å². The Kier molecular flexibility index (Phi) is 3.20. The molecule has 0 saturated carbocycles. The van der Waals surface area contributed by atoms with Crippen LogP contribution in [-0.4, -0.2) is 5.91 Å². The van der Waals surface area contributed by atoms with Gasteiger partial charge >= 0.3 is 0 Å². The fourth-order valence-corrected chi connectivity index (χ4v) is 1.84. The molecule has 0 heterocycles. The predicted octanol–water partition coefficient (Wildman–Crippen LogP) is 3.24. The summed E-state index contributed by atoms with van der Waals surface area (Å²) in [4.78, 5) is 10.9. The largest absolute Gasteiger partial charge is 0.326 e. The molecule has 2 nitrogen and oxygen atoms in total. The molecule has 2 heteroatoms. The van der Waals surface area contributed by atoms with Crippen LogP contribution in [0.15, 0.2) is 48.6 Å². The number of hydrogen-bond donors (Lipinski definition) is 1. The number of carbonyl (C=O) groups is 1. The van der Waals surface area contributed by atoms with Gasteiger partial charge in [-0.15, -0.1) is 0 Å². The van der Waals surface area contributed by atoms with E-state index in [4.69, 9.17) is 0 Å². The first-order valence-corrected chi connectivity index (χ1v) is 5.46. The lowest BCUT2D eigenvalue weighted by Gasteiger charge is -2.13. The minimum absolute atomic E-state index is 0.0340. The van der Waals surface area contributed by atoms with E-state index in [1.165, 1.54) is 12.5 Å². The summed E-state index contributed by atoms with van der Waals surface area (Å²) in [7, 11) is 0. The maximum Gasteiger partial charge on any atom is 0.221 e.